The summed E-state index contributed by atoms with van der Waals surface area (Å²) in [6, 6.07) is 7.38. The molecular weight excluding hydrogens is 322 g/mol. The van der Waals surface area contributed by atoms with Gasteiger partial charge in [-0.1, -0.05) is 13.8 Å². The van der Waals surface area contributed by atoms with Crippen LogP contribution in [0.5, 0.6) is 0 Å². The number of carbonyl (C=O) groups excluding carboxylic acids is 2. The van der Waals surface area contributed by atoms with Crippen molar-refractivity contribution in [1.29, 1.82) is 0 Å². The summed E-state index contributed by atoms with van der Waals surface area (Å²) < 4.78 is 11.2. The number of aromatic nitrogens is 2. The molecule has 0 aliphatic rings. The largest absolute Gasteiger partial charge is 0.466 e. The number of esters is 2. The lowest BCUT2D eigenvalue weighted by atomic mass is 10.2. The zero-order chi connectivity index (χ0) is 18.4. The van der Waals surface area contributed by atoms with E-state index in [9.17, 15) is 9.59 Å². The zero-order valence-corrected chi connectivity index (χ0v) is 14.6. The van der Waals surface area contributed by atoms with Crippen LogP contribution in [0.15, 0.2) is 48.4 Å². The first-order valence-electron chi connectivity index (χ1n) is 7.75. The Bertz CT molecular complexity index is 776. The summed E-state index contributed by atoms with van der Waals surface area (Å²) >= 11 is 0. The summed E-state index contributed by atoms with van der Waals surface area (Å²) in [5, 5.41) is 2.87. The minimum absolute atomic E-state index is 0.00685. The van der Waals surface area contributed by atoms with Gasteiger partial charge in [-0.2, -0.15) is 0 Å². The van der Waals surface area contributed by atoms with Gasteiger partial charge in [0, 0.05) is 29.7 Å². The number of ether oxygens (including phenoxy) is 2. The van der Waals surface area contributed by atoms with Crippen LogP contribution >= 0.6 is 0 Å². The highest BCUT2D eigenvalue weighted by Gasteiger charge is 2.13. The topological polar surface area (TPSA) is 82.5 Å². The number of rotatable bonds is 6. The van der Waals surface area contributed by atoms with Gasteiger partial charge in [0.2, 0.25) is 0 Å². The van der Waals surface area contributed by atoms with Crippen molar-refractivity contribution in [3.63, 3.8) is 0 Å². The van der Waals surface area contributed by atoms with Crippen LogP contribution in [-0.4, -0.2) is 35.7 Å². The van der Waals surface area contributed by atoms with Crippen molar-refractivity contribution in [2.24, 2.45) is 0 Å². The van der Waals surface area contributed by atoms with Gasteiger partial charge in [0.05, 0.1) is 20.3 Å². The molecule has 0 atom stereocenters. The molecule has 2 aromatic rings. The first-order chi connectivity index (χ1) is 12.0. The minimum Gasteiger partial charge on any atom is -0.466 e. The molecule has 0 saturated carbocycles. The Morgan fingerprint density at radius 3 is 2.40 bits per heavy atom. The van der Waals surface area contributed by atoms with E-state index < -0.39 is 11.9 Å². The van der Waals surface area contributed by atoms with Gasteiger partial charge >= 0.3 is 11.9 Å². The van der Waals surface area contributed by atoms with Crippen molar-refractivity contribution in [3.8, 4) is 5.69 Å². The van der Waals surface area contributed by atoms with Crippen molar-refractivity contribution in [3.05, 3.63) is 54.3 Å². The number of imidazole rings is 1. The van der Waals surface area contributed by atoms with Gasteiger partial charge < -0.3 is 19.4 Å². The first-order valence-corrected chi connectivity index (χ1v) is 7.75. The third kappa shape index (κ3) is 4.47. The molecule has 132 valence electrons. The molecule has 7 nitrogen and oxygen atoms in total. The molecule has 1 heterocycles. The second-order valence-electron chi connectivity index (χ2n) is 5.55. The van der Waals surface area contributed by atoms with Crippen LogP contribution in [-0.2, 0) is 19.1 Å². The molecule has 0 unspecified atom stereocenters. The lowest BCUT2D eigenvalue weighted by Gasteiger charge is -2.12. The molecule has 7 heteroatoms. The lowest BCUT2D eigenvalue weighted by Crippen LogP contribution is -2.15. The standard InChI is InChI=1S/C18H21N3O4/c1-12(2)17-19-9-10-21(17)14-7-5-13(6-8-14)20-15(18(23)25-4)11-16(22)24-3/h5-12,20H,1-4H3/b15-11+. The SMILES string of the molecule is COC(=O)/C=C(/Nc1ccc(-n2ccnc2C(C)C)cc1)C(=O)OC. The predicted octanol–water partition coefficient (Wildman–Crippen LogP) is 2.64. The maximum absolute atomic E-state index is 11.8. The van der Waals surface area contributed by atoms with Gasteiger partial charge in [-0.25, -0.2) is 14.6 Å². The molecule has 0 radical (unpaired) electrons. The number of hydrogen-bond acceptors (Lipinski definition) is 6. The number of hydrogen-bond donors (Lipinski definition) is 1. The molecule has 0 fully saturated rings. The molecule has 0 amide bonds. The van der Waals surface area contributed by atoms with Gasteiger partial charge in [-0.3, -0.25) is 0 Å². The molecule has 1 aromatic heterocycles. The second kappa shape index (κ2) is 8.14. The van der Waals surface area contributed by atoms with E-state index in [1.165, 1.54) is 14.2 Å². The minimum atomic E-state index is -0.661. The van der Waals surface area contributed by atoms with Gasteiger partial charge in [-0.15, -0.1) is 0 Å². The molecule has 0 saturated heterocycles. The number of anilines is 1. The van der Waals surface area contributed by atoms with Gasteiger partial charge in [0.1, 0.15) is 11.5 Å². The summed E-state index contributed by atoms with van der Waals surface area (Å²) in [6.45, 7) is 4.16. The molecule has 1 aromatic carbocycles. The Morgan fingerprint density at radius 2 is 1.84 bits per heavy atom. The van der Waals surface area contributed by atoms with E-state index in [2.05, 4.69) is 33.6 Å². The molecule has 0 aliphatic heterocycles. The molecule has 0 aliphatic carbocycles. The first kappa shape index (κ1) is 18.3. The average Bonchev–Trinajstić information content (AvgIpc) is 3.11. The monoisotopic (exact) mass is 343 g/mol. The molecule has 25 heavy (non-hydrogen) atoms. The number of carbonyl (C=O) groups is 2. The highest BCUT2D eigenvalue weighted by molar-refractivity contribution is 5.98. The van der Waals surface area contributed by atoms with Crippen LogP contribution in [0.3, 0.4) is 0 Å². The van der Waals surface area contributed by atoms with Crippen LogP contribution < -0.4 is 5.32 Å². The third-order valence-corrected chi connectivity index (χ3v) is 3.48. The van der Waals surface area contributed by atoms with Crippen molar-refractivity contribution in [1.82, 2.24) is 9.55 Å². The van der Waals surface area contributed by atoms with Gasteiger partial charge in [-0.05, 0) is 24.3 Å². The van der Waals surface area contributed by atoms with E-state index in [0.717, 1.165) is 17.6 Å². The van der Waals surface area contributed by atoms with Gasteiger partial charge in [0.15, 0.2) is 0 Å². The number of nitrogens with one attached hydrogen (secondary N) is 1. The Kier molecular flexibility index (Phi) is 5.94. The summed E-state index contributed by atoms with van der Waals surface area (Å²) in [6.07, 6.45) is 4.71. The summed E-state index contributed by atoms with van der Waals surface area (Å²) in [5.74, 6) is -0.0565. The molecule has 0 spiro atoms. The van der Waals surface area contributed by atoms with E-state index in [0.29, 0.717) is 11.6 Å². The van der Waals surface area contributed by atoms with Crippen LogP contribution in [0.25, 0.3) is 5.69 Å². The Balaban J connectivity index is 2.24. The Morgan fingerprint density at radius 1 is 1.16 bits per heavy atom. The maximum atomic E-state index is 11.8. The maximum Gasteiger partial charge on any atom is 0.354 e. The lowest BCUT2D eigenvalue weighted by molar-refractivity contribution is -0.138. The fraction of sp³-hybridized carbons (Fsp3) is 0.278. The number of benzene rings is 1. The molecule has 1 N–H and O–H groups in total. The Labute approximate surface area is 146 Å². The van der Waals surface area contributed by atoms with E-state index in [-0.39, 0.29) is 5.70 Å². The van der Waals surface area contributed by atoms with Crippen molar-refractivity contribution in [2.45, 2.75) is 19.8 Å². The molecule has 0 bridgehead atoms. The molecule has 2 rings (SSSR count). The molecular formula is C18H21N3O4. The zero-order valence-electron chi connectivity index (χ0n) is 14.6. The van der Waals surface area contributed by atoms with Gasteiger partial charge in [0.25, 0.3) is 0 Å². The van der Waals surface area contributed by atoms with E-state index >= 15 is 0 Å². The average molecular weight is 343 g/mol. The normalized spacial score (nSPS) is 11.3. The predicted molar refractivity (Wildman–Crippen MR) is 93.4 cm³/mol. The quantitative estimate of drug-likeness (QED) is 0.641. The Hall–Kier alpha value is -3.09. The summed E-state index contributed by atoms with van der Waals surface area (Å²) in [5.41, 5.74) is 1.58. The highest BCUT2D eigenvalue weighted by atomic mass is 16.5. The van der Waals surface area contributed by atoms with E-state index in [1.54, 1.807) is 18.3 Å². The smallest absolute Gasteiger partial charge is 0.354 e. The van der Waals surface area contributed by atoms with Crippen LogP contribution in [0, 0.1) is 0 Å². The van der Waals surface area contributed by atoms with Crippen molar-refractivity contribution >= 4 is 17.6 Å². The van der Waals surface area contributed by atoms with Crippen LogP contribution in [0.2, 0.25) is 0 Å². The van der Waals surface area contributed by atoms with Crippen LogP contribution in [0.4, 0.5) is 5.69 Å². The van der Waals surface area contributed by atoms with Crippen LogP contribution in [0.1, 0.15) is 25.6 Å². The summed E-state index contributed by atoms with van der Waals surface area (Å²) in [7, 11) is 2.48. The fourth-order valence-electron chi connectivity index (χ4n) is 2.25. The number of nitrogens with zero attached hydrogens (tertiary/aromatic N) is 2. The summed E-state index contributed by atoms with van der Waals surface area (Å²) in [4.78, 5) is 27.5. The third-order valence-electron chi connectivity index (χ3n) is 3.48. The van der Waals surface area contributed by atoms with E-state index in [1.807, 2.05) is 22.9 Å². The van der Waals surface area contributed by atoms with Crippen molar-refractivity contribution < 1.29 is 19.1 Å². The van der Waals surface area contributed by atoms with Crippen molar-refractivity contribution in [2.75, 3.05) is 19.5 Å². The van der Waals surface area contributed by atoms with E-state index in [4.69, 9.17) is 0 Å². The fourth-order valence-corrected chi connectivity index (χ4v) is 2.25. The highest BCUT2D eigenvalue weighted by Crippen LogP contribution is 2.20. The number of methoxy groups -OCH3 is 2. The second-order valence-corrected chi connectivity index (χ2v) is 5.55.